The van der Waals surface area contributed by atoms with Gasteiger partial charge in [0.1, 0.15) is 5.76 Å². The number of azo groups is 1. The highest BCUT2D eigenvalue weighted by Gasteiger charge is 2.41. The van der Waals surface area contributed by atoms with Gasteiger partial charge in [-0.25, -0.2) is 8.42 Å². The van der Waals surface area contributed by atoms with Crippen molar-refractivity contribution in [1.82, 2.24) is 5.16 Å². The van der Waals surface area contributed by atoms with E-state index in [1.807, 2.05) is 0 Å². The van der Waals surface area contributed by atoms with Crippen LogP contribution in [0.4, 0.5) is 24.7 Å². The molecule has 0 amide bonds. The molecular formula is C17H17F3N4O4S. The molecule has 0 unspecified atom stereocenters. The molecule has 1 aliphatic heterocycles. The van der Waals surface area contributed by atoms with Crippen LogP contribution in [-0.4, -0.2) is 24.7 Å². The first kappa shape index (κ1) is 20.8. The maximum absolute atomic E-state index is 13.1. The van der Waals surface area contributed by atoms with Gasteiger partial charge >= 0.3 is 6.18 Å². The summed E-state index contributed by atoms with van der Waals surface area (Å²) in [6.07, 6.45) is -4.22. The smallest absolute Gasteiger partial charge is 0.416 e. The predicted octanol–water partition coefficient (Wildman–Crippen LogP) is 4.73. The quantitative estimate of drug-likeness (QED) is 0.703. The van der Waals surface area contributed by atoms with E-state index in [2.05, 4.69) is 15.4 Å². The molecule has 0 atom stereocenters. The number of aliphatic hydroxyl groups is 1. The lowest BCUT2D eigenvalue weighted by atomic mass is 10.1. The van der Waals surface area contributed by atoms with Crippen molar-refractivity contribution >= 4 is 21.3 Å². The zero-order chi connectivity index (χ0) is 21.6. The second-order valence-electron chi connectivity index (χ2n) is 6.48. The van der Waals surface area contributed by atoms with Crippen LogP contribution in [-0.2, 0) is 22.4 Å². The molecule has 156 valence electrons. The molecule has 1 aromatic heterocycles. The van der Waals surface area contributed by atoms with Gasteiger partial charge in [0.2, 0.25) is 26.6 Å². The molecular weight excluding hydrogens is 413 g/mol. The fourth-order valence-electron chi connectivity index (χ4n) is 2.78. The number of benzene rings is 1. The number of aromatic nitrogens is 1. The van der Waals surface area contributed by atoms with Gasteiger partial charge in [-0.05, 0) is 32.0 Å². The maximum atomic E-state index is 13.1. The average molecular weight is 430 g/mol. The Hall–Kier alpha value is -2.89. The molecule has 0 bridgehead atoms. The Morgan fingerprint density at radius 3 is 2.48 bits per heavy atom. The third kappa shape index (κ3) is 3.71. The molecule has 0 radical (unpaired) electrons. The van der Waals surface area contributed by atoms with Crippen LogP contribution < -0.4 is 4.90 Å². The van der Waals surface area contributed by atoms with E-state index < -0.39 is 43.4 Å². The summed E-state index contributed by atoms with van der Waals surface area (Å²) >= 11 is 0. The fourth-order valence-corrected chi connectivity index (χ4v) is 4.20. The minimum Gasteiger partial charge on any atom is -0.492 e. The highest BCUT2D eigenvalue weighted by molar-refractivity contribution is 7.95. The molecule has 1 N–H and O–H groups in total. The molecule has 0 fully saturated rings. The Balaban J connectivity index is 2.17. The molecule has 0 aliphatic carbocycles. The van der Waals surface area contributed by atoms with Crippen molar-refractivity contribution in [3.63, 3.8) is 0 Å². The van der Waals surface area contributed by atoms with Crippen LogP contribution in [0.25, 0.3) is 0 Å². The van der Waals surface area contributed by atoms with Gasteiger partial charge in [0.15, 0.2) is 0 Å². The summed E-state index contributed by atoms with van der Waals surface area (Å²) in [6, 6.07) is 3.22. The summed E-state index contributed by atoms with van der Waals surface area (Å²) < 4.78 is 70.1. The predicted molar refractivity (Wildman–Crippen MR) is 96.3 cm³/mol. The van der Waals surface area contributed by atoms with E-state index in [4.69, 9.17) is 4.52 Å². The Kier molecular flexibility index (Phi) is 5.15. The van der Waals surface area contributed by atoms with Crippen molar-refractivity contribution in [1.29, 1.82) is 0 Å². The second-order valence-corrected chi connectivity index (χ2v) is 8.31. The number of halogens is 3. The Morgan fingerprint density at radius 1 is 1.24 bits per heavy atom. The van der Waals surface area contributed by atoms with Gasteiger partial charge in [-0.3, -0.25) is 0 Å². The normalized spacial score (nSPS) is 16.7. The van der Waals surface area contributed by atoms with Crippen molar-refractivity contribution in [3.8, 4) is 0 Å². The standard InChI is InChI=1S/C17H17F3N4O4S/c1-4-11-8-14(23-28-11)21-22-15-16(25)24(9(2)3)12-6-5-10(17(18,19)20)7-13(12)29(15,26)27/h5-9,25H,4H2,1-3H3. The van der Waals surface area contributed by atoms with Gasteiger partial charge in [-0.2, -0.15) is 13.2 Å². The highest BCUT2D eigenvalue weighted by Crippen LogP contribution is 2.43. The summed E-state index contributed by atoms with van der Waals surface area (Å²) in [7, 11) is -4.58. The maximum Gasteiger partial charge on any atom is 0.416 e. The number of sulfone groups is 1. The van der Waals surface area contributed by atoms with Crippen LogP contribution >= 0.6 is 0 Å². The van der Waals surface area contributed by atoms with Gasteiger partial charge in [0.05, 0.1) is 16.1 Å². The van der Waals surface area contributed by atoms with Gasteiger partial charge in [-0.15, -0.1) is 10.2 Å². The molecule has 2 aromatic rings. The number of fused-ring (bicyclic) bond motifs is 1. The second kappa shape index (κ2) is 7.17. The van der Waals surface area contributed by atoms with Crippen molar-refractivity contribution in [2.24, 2.45) is 10.2 Å². The number of aliphatic hydroxyl groups excluding tert-OH is 1. The lowest BCUT2D eigenvalue weighted by molar-refractivity contribution is -0.137. The van der Waals surface area contributed by atoms with Crippen molar-refractivity contribution in [2.45, 2.75) is 44.3 Å². The third-order valence-corrected chi connectivity index (χ3v) is 5.84. The van der Waals surface area contributed by atoms with Crippen LogP contribution in [0, 0.1) is 0 Å². The lowest BCUT2D eigenvalue weighted by Crippen LogP contribution is -2.36. The highest BCUT2D eigenvalue weighted by atomic mass is 32.2. The Morgan fingerprint density at radius 2 is 1.93 bits per heavy atom. The van der Waals surface area contributed by atoms with E-state index in [0.717, 1.165) is 12.1 Å². The number of aryl methyl sites for hydroxylation is 1. The molecule has 29 heavy (non-hydrogen) atoms. The van der Waals surface area contributed by atoms with Crippen LogP contribution in [0.15, 0.2) is 54.8 Å². The SMILES string of the molecule is CCc1cc(N=NC2=C(O)N(C(C)C)c3ccc(C(F)(F)F)cc3S2(=O)=O)no1. The molecule has 1 aromatic carbocycles. The summed E-state index contributed by atoms with van der Waals surface area (Å²) in [4.78, 5) is 0.549. The topological polar surface area (TPSA) is 108 Å². The lowest BCUT2D eigenvalue weighted by Gasteiger charge is -2.33. The minimum absolute atomic E-state index is 0.0386. The number of rotatable bonds is 4. The van der Waals surface area contributed by atoms with E-state index in [-0.39, 0.29) is 11.5 Å². The summed E-state index contributed by atoms with van der Waals surface area (Å²) in [5, 5.41) is 20.5. The first-order valence-corrected chi connectivity index (χ1v) is 10.0. The van der Waals surface area contributed by atoms with Crippen molar-refractivity contribution in [3.05, 3.63) is 46.5 Å². The number of alkyl halides is 3. The van der Waals surface area contributed by atoms with Gasteiger partial charge in [0.25, 0.3) is 0 Å². The van der Waals surface area contributed by atoms with Gasteiger partial charge in [-0.1, -0.05) is 12.1 Å². The molecule has 3 rings (SSSR count). The largest absolute Gasteiger partial charge is 0.492 e. The fraction of sp³-hybridized carbons (Fsp3) is 0.353. The average Bonchev–Trinajstić information content (AvgIpc) is 3.08. The van der Waals surface area contributed by atoms with Crippen LogP contribution in [0.3, 0.4) is 0 Å². The van der Waals surface area contributed by atoms with E-state index >= 15 is 0 Å². The monoisotopic (exact) mass is 430 g/mol. The zero-order valence-corrected chi connectivity index (χ0v) is 16.4. The Bertz CT molecular complexity index is 1100. The first-order chi connectivity index (χ1) is 13.5. The van der Waals surface area contributed by atoms with Crippen LogP contribution in [0.2, 0.25) is 0 Å². The molecule has 2 heterocycles. The van der Waals surface area contributed by atoms with E-state index in [1.54, 1.807) is 20.8 Å². The number of nitrogens with zero attached hydrogens (tertiary/aromatic N) is 4. The number of anilines is 1. The summed E-state index contributed by atoms with van der Waals surface area (Å²) in [5.41, 5.74) is -1.22. The minimum atomic E-state index is -4.74. The molecule has 12 heteroatoms. The summed E-state index contributed by atoms with van der Waals surface area (Å²) in [6.45, 7) is 5.07. The molecule has 0 saturated carbocycles. The van der Waals surface area contributed by atoms with Crippen molar-refractivity contribution in [2.75, 3.05) is 4.90 Å². The third-order valence-electron chi connectivity index (χ3n) is 4.16. The summed E-state index contributed by atoms with van der Waals surface area (Å²) in [5.74, 6) is -0.300. The van der Waals surface area contributed by atoms with E-state index in [1.165, 1.54) is 11.0 Å². The molecule has 1 aliphatic rings. The van der Waals surface area contributed by atoms with E-state index in [9.17, 15) is 26.7 Å². The molecule has 0 spiro atoms. The molecule has 8 nitrogen and oxygen atoms in total. The first-order valence-electron chi connectivity index (χ1n) is 8.53. The Labute approximate surface area is 164 Å². The van der Waals surface area contributed by atoms with E-state index in [0.29, 0.717) is 18.2 Å². The van der Waals surface area contributed by atoms with Crippen molar-refractivity contribution < 1.29 is 31.2 Å². The van der Waals surface area contributed by atoms with Crippen LogP contribution in [0.5, 0.6) is 0 Å². The van der Waals surface area contributed by atoms with Crippen LogP contribution in [0.1, 0.15) is 32.1 Å². The molecule has 0 saturated heterocycles. The van der Waals surface area contributed by atoms with Gasteiger partial charge in [0, 0.05) is 18.5 Å². The van der Waals surface area contributed by atoms with Gasteiger partial charge < -0.3 is 14.5 Å². The zero-order valence-electron chi connectivity index (χ0n) is 15.6. The number of hydrogen-bond donors (Lipinski definition) is 1. The number of hydrogen-bond acceptors (Lipinski definition) is 8.